The molecule has 0 unspecified atom stereocenters. The number of piperidine rings is 1. The number of carbonyl (C=O) groups is 1. The summed E-state index contributed by atoms with van der Waals surface area (Å²) in [6, 6.07) is 15.9. The van der Waals surface area contributed by atoms with Crippen molar-refractivity contribution in [2.45, 2.75) is 43.5 Å². The Hall–Kier alpha value is -2.23. The van der Waals surface area contributed by atoms with E-state index in [1.165, 1.54) is 16.4 Å². The highest BCUT2D eigenvalue weighted by molar-refractivity contribution is 7.90. The van der Waals surface area contributed by atoms with Gasteiger partial charge in [0.05, 0.1) is 22.6 Å². The van der Waals surface area contributed by atoms with Gasteiger partial charge in [-0.3, -0.25) is 4.79 Å². The number of sulfone groups is 1. The van der Waals surface area contributed by atoms with Crippen molar-refractivity contribution >= 4 is 25.8 Å². The SMILES string of the molecule is C[C@@H](NC(=O)[C@@H]1CCCN(S(=O)(=O)CCCc2ccccc2)C1)c1ccc(S(C)(=O)=O)cc1. The molecule has 3 rings (SSSR count). The Morgan fingerprint density at radius 3 is 2.36 bits per heavy atom. The van der Waals surface area contributed by atoms with Crippen molar-refractivity contribution in [3.63, 3.8) is 0 Å². The van der Waals surface area contributed by atoms with Crippen LogP contribution in [0.4, 0.5) is 0 Å². The molecule has 33 heavy (non-hydrogen) atoms. The summed E-state index contributed by atoms with van der Waals surface area (Å²) < 4.78 is 50.4. The fraction of sp³-hybridized carbons (Fsp3) is 0.458. The van der Waals surface area contributed by atoms with Gasteiger partial charge in [0.1, 0.15) is 0 Å². The van der Waals surface area contributed by atoms with Crippen LogP contribution < -0.4 is 5.32 Å². The van der Waals surface area contributed by atoms with Gasteiger partial charge in [0.2, 0.25) is 15.9 Å². The topological polar surface area (TPSA) is 101 Å². The third-order valence-electron chi connectivity index (χ3n) is 6.03. The summed E-state index contributed by atoms with van der Waals surface area (Å²) in [7, 11) is -6.70. The lowest BCUT2D eigenvalue weighted by Gasteiger charge is -2.32. The molecule has 0 saturated carbocycles. The molecule has 1 aliphatic rings. The first-order valence-electron chi connectivity index (χ1n) is 11.2. The van der Waals surface area contributed by atoms with Crippen LogP contribution in [0.25, 0.3) is 0 Å². The molecular formula is C24H32N2O5S2. The maximum atomic E-state index is 12.9. The van der Waals surface area contributed by atoms with Crippen LogP contribution in [0.3, 0.4) is 0 Å². The highest BCUT2D eigenvalue weighted by Gasteiger charge is 2.32. The molecule has 1 fully saturated rings. The zero-order valence-corrected chi connectivity index (χ0v) is 20.7. The number of nitrogens with one attached hydrogen (secondary N) is 1. The number of benzene rings is 2. The van der Waals surface area contributed by atoms with Gasteiger partial charge in [-0.15, -0.1) is 0 Å². The van der Waals surface area contributed by atoms with Crippen LogP contribution in [0.2, 0.25) is 0 Å². The lowest BCUT2D eigenvalue weighted by Crippen LogP contribution is -2.46. The van der Waals surface area contributed by atoms with Gasteiger partial charge in [-0.2, -0.15) is 0 Å². The van der Waals surface area contributed by atoms with E-state index in [0.717, 1.165) is 17.4 Å². The summed E-state index contributed by atoms with van der Waals surface area (Å²) in [6.45, 7) is 2.47. The van der Waals surface area contributed by atoms with E-state index in [2.05, 4.69) is 5.32 Å². The molecule has 2 aromatic rings. The van der Waals surface area contributed by atoms with Crippen LogP contribution in [-0.4, -0.2) is 52.1 Å². The minimum atomic E-state index is -3.42. The fourth-order valence-electron chi connectivity index (χ4n) is 4.06. The second kappa shape index (κ2) is 10.8. The second-order valence-electron chi connectivity index (χ2n) is 8.67. The van der Waals surface area contributed by atoms with Crippen LogP contribution in [0.15, 0.2) is 59.5 Å². The number of amides is 1. The molecular weight excluding hydrogens is 460 g/mol. The van der Waals surface area contributed by atoms with Crippen LogP contribution in [0.1, 0.15) is 43.4 Å². The highest BCUT2D eigenvalue weighted by Crippen LogP contribution is 2.22. The first kappa shape index (κ1) is 25.4. The van der Waals surface area contributed by atoms with Crippen molar-refractivity contribution < 1.29 is 21.6 Å². The van der Waals surface area contributed by atoms with Crippen LogP contribution >= 0.6 is 0 Å². The summed E-state index contributed by atoms with van der Waals surface area (Å²) in [5.41, 5.74) is 1.90. The third kappa shape index (κ3) is 7.12. The Morgan fingerprint density at radius 1 is 1.06 bits per heavy atom. The predicted octanol–water partition coefficient (Wildman–Crippen LogP) is 2.94. The molecule has 1 saturated heterocycles. The number of aryl methyl sites for hydroxylation is 1. The van der Waals surface area contributed by atoms with Crippen molar-refractivity contribution in [3.05, 3.63) is 65.7 Å². The molecule has 1 amide bonds. The van der Waals surface area contributed by atoms with Crippen LogP contribution in [0, 0.1) is 5.92 Å². The largest absolute Gasteiger partial charge is 0.349 e. The summed E-state index contributed by atoms with van der Waals surface area (Å²) in [6.07, 6.45) is 3.68. The van der Waals surface area contributed by atoms with E-state index >= 15 is 0 Å². The van der Waals surface area contributed by atoms with E-state index in [-0.39, 0.29) is 29.1 Å². The summed E-state index contributed by atoms with van der Waals surface area (Å²) >= 11 is 0. The Morgan fingerprint density at radius 2 is 1.73 bits per heavy atom. The molecule has 0 bridgehead atoms. The van der Waals surface area contributed by atoms with Crippen LogP contribution in [-0.2, 0) is 31.1 Å². The zero-order chi connectivity index (χ0) is 24.1. The average Bonchev–Trinajstić information content (AvgIpc) is 2.79. The molecule has 1 N–H and O–H groups in total. The number of sulfonamides is 1. The Balaban J connectivity index is 1.54. The van der Waals surface area contributed by atoms with Crippen molar-refractivity contribution in [1.29, 1.82) is 0 Å². The van der Waals surface area contributed by atoms with Gasteiger partial charge in [0.25, 0.3) is 0 Å². The molecule has 2 atom stereocenters. The van der Waals surface area contributed by atoms with Gasteiger partial charge in [-0.1, -0.05) is 42.5 Å². The van der Waals surface area contributed by atoms with E-state index in [9.17, 15) is 21.6 Å². The summed E-state index contributed by atoms with van der Waals surface area (Å²) in [5.74, 6) is -0.515. The standard InChI is InChI=1S/C24H32N2O5S2/c1-19(21-12-14-23(15-13-21)32(2,28)29)25-24(27)22-11-6-16-26(18-22)33(30,31)17-7-10-20-8-4-3-5-9-20/h3-5,8-9,12-15,19,22H,6-7,10-11,16-18H2,1-2H3,(H,25,27)/t19-,22-/m1/s1. The van der Waals surface area contributed by atoms with Gasteiger partial charge in [0, 0.05) is 19.3 Å². The molecule has 180 valence electrons. The maximum absolute atomic E-state index is 12.9. The molecule has 7 nitrogen and oxygen atoms in total. The Kier molecular flexibility index (Phi) is 8.31. The maximum Gasteiger partial charge on any atom is 0.224 e. The number of hydrogen-bond donors (Lipinski definition) is 1. The van der Waals surface area contributed by atoms with Gasteiger partial charge >= 0.3 is 0 Å². The molecule has 2 aromatic carbocycles. The molecule has 9 heteroatoms. The number of nitrogens with zero attached hydrogens (tertiary/aromatic N) is 1. The number of hydrogen-bond acceptors (Lipinski definition) is 5. The first-order valence-corrected chi connectivity index (χ1v) is 14.7. The molecule has 1 heterocycles. The molecule has 0 spiro atoms. The van der Waals surface area contributed by atoms with E-state index in [1.807, 2.05) is 37.3 Å². The molecule has 0 aromatic heterocycles. The average molecular weight is 493 g/mol. The predicted molar refractivity (Wildman–Crippen MR) is 129 cm³/mol. The lowest BCUT2D eigenvalue weighted by atomic mass is 9.98. The van der Waals surface area contributed by atoms with Gasteiger partial charge in [-0.05, 0) is 55.9 Å². The summed E-state index contributed by atoms with van der Waals surface area (Å²) in [5, 5.41) is 2.95. The second-order valence-corrected chi connectivity index (χ2v) is 12.8. The van der Waals surface area contributed by atoms with Gasteiger partial charge in [-0.25, -0.2) is 21.1 Å². The van der Waals surface area contributed by atoms with Crippen molar-refractivity contribution in [2.75, 3.05) is 25.1 Å². The van der Waals surface area contributed by atoms with E-state index < -0.39 is 25.8 Å². The van der Waals surface area contributed by atoms with Crippen molar-refractivity contribution in [2.24, 2.45) is 5.92 Å². The van der Waals surface area contributed by atoms with E-state index in [1.54, 1.807) is 12.1 Å². The Labute approximate surface area is 197 Å². The number of rotatable bonds is 9. The highest BCUT2D eigenvalue weighted by atomic mass is 32.2. The van der Waals surface area contributed by atoms with Crippen molar-refractivity contribution in [1.82, 2.24) is 9.62 Å². The van der Waals surface area contributed by atoms with Gasteiger partial charge < -0.3 is 5.32 Å². The Bertz CT molecular complexity index is 1150. The monoisotopic (exact) mass is 492 g/mol. The van der Waals surface area contributed by atoms with E-state index in [4.69, 9.17) is 0 Å². The smallest absolute Gasteiger partial charge is 0.224 e. The van der Waals surface area contributed by atoms with Crippen molar-refractivity contribution in [3.8, 4) is 0 Å². The number of carbonyl (C=O) groups excluding carboxylic acids is 1. The molecule has 0 radical (unpaired) electrons. The minimum absolute atomic E-state index is 0.0688. The van der Waals surface area contributed by atoms with Crippen LogP contribution in [0.5, 0.6) is 0 Å². The molecule has 1 aliphatic heterocycles. The van der Waals surface area contributed by atoms with Gasteiger partial charge in [0.15, 0.2) is 9.84 Å². The minimum Gasteiger partial charge on any atom is -0.349 e. The molecule has 0 aliphatic carbocycles. The third-order valence-corrected chi connectivity index (χ3v) is 9.08. The fourth-order valence-corrected chi connectivity index (χ4v) is 6.27. The quantitative estimate of drug-likeness (QED) is 0.580. The first-order chi connectivity index (χ1) is 15.6. The summed E-state index contributed by atoms with van der Waals surface area (Å²) in [4.78, 5) is 13.1. The lowest BCUT2D eigenvalue weighted by molar-refractivity contribution is -0.126. The van der Waals surface area contributed by atoms with E-state index in [0.29, 0.717) is 32.2 Å². The zero-order valence-electron chi connectivity index (χ0n) is 19.1. The normalized spacial score (nSPS) is 18.5.